The lowest BCUT2D eigenvalue weighted by molar-refractivity contribution is 0.558. The predicted octanol–water partition coefficient (Wildman–Crippen LogP) is 2.02. The van der Waals surface area contributed by atoms with Crippen LogP contribution < -0.4 is 4.90 Å². The molecule has 3 nitrogen and oxygen atoms in total. The minimum atomic E-state index is 0.00714. The van der Waals surface area contributed by atoms with E-state index >= 15 is 0 Å². The highest BCUT2D eigenvalue weighted by molar-refractivity contribution is 5.46. The molecule has 0 saturated heterocycles. The summed E-state index contributed by atoms with van der Waals surface area (Å²) in [5.41, 5.74) is 2.36. The number of hydrogen-bond acceptors (Lipinski definition) is 3. The molecule has 0 N–H and O–H groups in total. The van der Waals surface area contributed by atoms with Crippen LogP contribution >= 0.6 is 0 Å². The minimum absolute atomic E-state index is 0.00714. The van der Waals surface area contributed by atoms with Crippen molar-refractivity contribution < 1.29 is 4.79 Å². The molecule has 0 bridgehead atoms. The second-order valence-corrected chi connectivity index (χ2v) is 3.83. The van der Waals surface area contributed by atoms with Gasteiger partial charge in [-0.15, -0.1) is 0 Å². The average molecular weight is 204 g/mol. The summed E-state index contributed by atoms with van der Waals surface area (Å²) in [5.74, 6) is 0. The lowest BCUT2D eigenvalue weighted by Crippen LogP contribution is -2.08. The predicted molar refractivity (Wildman–Crippen MR) is 62.1 cm³/mol. The molecule has 0 aliphatic rings. The third-order valence-corrected chi connectivity index (χ3v) is 2.26. The van der Waals surface area contributed by atoms with Gasteiger partial charge < -0.3 is 4.90 Å². The van der Waals surface area contributed by atoms with Gasteiger partial charge in [0.1, 0.15) is 0 Å². The van der Waals surface area contributed by atoms with E-state index in [0.717, 1.165) is 6.42 Å². The van der Waals surface area contributed by atoms with Crippen molar-refractivity contribution in [2.24, 2.45) is 4.99 Å². The van der Waals surface area contributed by atoms with E-state index in [1.807, 2.05) is 21.0 Å². The Kier molecular flexibility index (Phi) is 4.07. The van der Waals surface area contributed by atoms with Gasteiger partial charge in [-0.2, -0.15) is 0 Å². The fraction of sp³-hybridized carbons (Fsp3) is 0.417. The third kappa shape index (κ3) is 3.56. The molecule has 0 radical (unpaired) electrons. The van der Waals surface area contributed by atoms with Crippen LogP contribution in [0.25, 0.3) is 0 Å². The molecule has 1 aromatic carbocycles. The summed E-state index contributed by atoms with van der Waals surface area (Å²) in [7, 11) is 4.02. The van der Waals surface area contributed by atoms with Crippen LogP contribution in [-0.4, -0.2) is 26.2 Å². The van der Waals surface area contributed by atoms with Crippen LogP contribution in [0, 0.1) is 0 Å². The van der Waals surface area contributed by atoms with E-state index in [1.165, 1.54) is 11.3 Å². The van der Waals surface area contributed by atoms with Crippen LogP contribution in [0.5, 0.6) is 0 Å². The van der Waals surface area contributed by atoms with Crippen LogP contribution in [0.15, 0.2) is 29.3 Å². The molecule has 0 heterocycles. The standard InChI is InChI=1S/C12H16N2O/c1-10(13-9-15)8-11-4-6-12(7-5-11)14(2)3/h4-7,10H,8H2,1-3H3. The third-order valence-electron chi connectivity index (χ3n) is 2.26. The molecule has 1 unspecified atom stereocenters. The number of anilines is 1. The molecule has 0 saturated carbocycles. The zero-order chi connectivity index (χ0) is 11.3. The van der Waals surface area contributed by atoms with Crippen molar-refractivity contribution in [2.75, 3.05) is 19.0 Å². The summed E-state index contributed by atoms with van der Waals surface area (Å²) in [6, 6.07) is 8.25. The van der Waals surface area contributed by atoms with Gasteiger partial charge in [0.2, 0.25) is 6.08 Å². The van der Waals surface area contributed by atoms with E-state index in [1.54, 1.807) is 6.08 Å². The first-order valence-corrected chi connectivity index (χ1v) is 4.96. The number of aliphatic imine (C=N–C) groups is 1. The maximum atomic E-state index is 10.1. The number of nitrogens with zero attached hydrogens (tertiary/aromatic N) is 2. The second kappa shape index (κ2) is 5.32. The molecule has 80 valence electrons. The summed E-state index contributed by atoms with van der Waals surface area (Å²) in [6.45, 7) is 1.91. The first-order chi connectivity index (χ1) is 7.13. The topological polar surface area (TPSA) is 32.7 Å². The smallest absolute Gasteiger partial charge is 0.235 e. The fourth-order valence-electron chi connectivity index (χ4n) is 1.41. The monoisotopic (exact) mass is 204 g/mol. The Bertz CT molecular complexity index is 350. The van der Waals surface area contributed by atoms with Gasteiger partial charge in [-0.25, -0.2) is 9.79 Å². The van der Waals surface area contributed by atoms with E-state index in [-0.39, 0.29) is 6.04 Å². The van der Waals surface area contributed by atoms with Gasteiger partial charge >= 0.3 is 0 Å². The van der Waals surface area contributed by atoms with Crippen molar-refractivity contribution in [1.82, 2.24) is 0 Å². The van der Waals surface area contributed by atoms with Gasteiger partial charge in [0.15, 0.2) is 0 Å². The summed E-state index contributed by atoms with van der Waals surface area (Å²) >= 11 is 0. The Morgan fingerprint density at radius 3 is 2.40 bits per heavy atom. The largest absolute Gasteiger partial charge is 0.378 e. The van der Waals surface area contributed by atoms with Crippen LogP contribution in [0.4, 0.5) is 5.69 Å². The Hall–Kier alpha value is -1.60. The maximum absolute atomic E-state index is 10.1. The lowest BCUT2D eigenvalue weighted by Gasteiger charge is -2.13. The highest BCUT2D eigenvalue weighted by Crippen LogP contribution is 2.13. The summed E-state index contributed by atoms with van der Waals surface area (Å²) in [5, 5.41) is 0. The first kappa shape index (κ1) is 11.5. The molecule has 0 fully saturated rings. The number of carbonyl (C=O) groups excluding carboxylic acids is 1. The van der Waals surface area contributed by atoms with E-state index in [4.69, 9.17) is 0 Å². The molecule has 0 aliphatic heterocycles. The van der Waals surface area contributed by atoms with Gasteiger partial charge in [0.25, 0.3) is 0 Å². The summed E-state index contributed by atoms with van der Waals surface area (Å²) in [4.78, 5) is 15.8. The zero-order valence-corrected chi connectivity index (χ0v) is 9.40. The molecule has 3 heteroatoms. The highest BCUT2D eigenvalue weighted by atomic mass is 16.1. The lowest BCUT2D eigenvalue weighted by atomic mass is 10.1. The van der Waals surface area contributed by atoms with E-state index in [9.17, 15) is 4.79 Å². The van der Waals surface area contributed by atoms with Gasteiger partial charge in [0, 0.05) is 19.8 Å². The summed E-state index contributed by atoms with van der Waals surface area (Å²) < 4.78 is 0. The molecule has 0 amide bonds. The quantitative estimate of drug-likeness (QED) is 0.555. The van der Waals surface area contributed by atoms with Gasteiger partial charge in [-0.1, -0.05) is 12.1 Å². The molecular weight excluding hydrogens is 188 g/mol. The Morgan fingerprint density at radius 2 is 1.93 bits per heavy atom. The number of rotatable bonds is 4. The molecular formula is C12H16N2O. The van der Waals surface area contributed by atoms with Crippen molar-refractivity contribution in [2.45, 2.75) is 19.4 Å². The van der Waals surface area contributed by atoms with Crippen molar-refractivity contribution in [3.63, 3.8) is 0 Å². The minimum Gasteiger partial charge on any atom is -0.378 e. The van der Waals surface area contributed by atoms with Crippen molar-refractivity contribution in [3.05, 3.63) is 29.8 Å². The normalized spacial score (nSPS) is 11.7. The van der Waals surface area contributed by atoms with Gasteiger partial charge in [-0.05, 0) is 31.0 Å². The zero-order valence-electron chi connectivity index (χ0n) is 9.40. The molecule has 1 rings (SSSR count). The van der Waals surface area contributed by atoms with Crippen LogP contribution in [0.3, 0.4) is 0 Å². The van der Waals surface area contributed by atoms with Crippen LogP contribution in [0.1, 0.15) is 12.5 Å². The first-order valence-electron chi connectivity index (χ1n) is 4.96. The van der Waals surface area contributed by atoms with E-state index < -0.39 is 0 Å². The van der Waals surface area contributed by atoms with E-state index in [2.05, 4.69) is 34.2 Å². The second-order valence-electron chi connectivity index (χ2n) is 3.83. The van der Waals surface area contributed by atoms with Crippen LogP contribution in [0.2, 0.25) is 0 Å². The Balaban J connectivity index is 2.68. The summed E-state index contributed by atoms with van der Waals surface area (Å²) in [6.07, 6.45) is 2.36. The van der Waals surface area contributed by atoms with Gasteiger partial charge in [-0.3, -0.25) is 0 Å². The SMILES string of the molecule is CC(Cc1ccc(N(C)C)cc1)N=C=O. The number of hydrogen-bond donors (Lipinski definition) is 0. The fourth-order valence-corrected chi connectivity index (χ4v) is 1.41. The molecule has 15 heavy (non-hydrogen) atoms. The Labute approximate surface area is 90.4 Å². The highest BCUT2D eigenvalue weighted by Gasteiger charge is 2.01. The maximum Gasteiger partial charge on any atom is 0.235 e. The molecule has 1 atom stereocenters. The number of benzene rings is 1. The molecule has 0 spiro atoms. The number of isocyanates is 1. The van der Waals surface area contributed by atoms with Crippen LogP contribution in [-0.2, 0) is 11.2 Å². The van der Waals surface area contributed by atoms with Crippen molar-refractivity contribution in [1.29, 1.82) is 0 Å². The van der Waals surface area contributed by atoms with Crippen molar-refractivity contribution in [3.8, 4) is 0 Å². The van der Waals surface area contributed by atoms with Crippen molar-refractivity contribution >= 4 is 11.8 Å². The molecule has 1 aromatic rings. The Morgan fingerprint density at radius 1 is 1.33 bits per heavy atom. The van der Waals surface area contributed by atoms with E-state index in [0.29, 0.717) is 0 Å². The molecule has 0 aliphatic carbocycles. The average Bonchev–Trinajstić information content (AvgIpc) is 2.18. The van der Waals surface area contributed by atoms with Gasteiger partial charge in [0.05, 0.1) is 6.04 Å². The molecule has 0 aromatic heterocycles.